The first-order valence-electron chi connectivity index (χ1n) is 6.75. The van der Waals surface area contributed by atoms with Gasteiger partial charge in [-0.25, -0.2) is 0 Å². The molecule has 1 N–H and O–H groups in total. The summed E-state index contributed by atoms with van der Waals surface area (Å²) in [7, 11) is 1.80. The molecule has 2 nitrogen and oxygen atoms in total. The SMILES string of the molecule is CO[C@@H](C)C12CNCC[C@]1(c1ccc(Cl)c(Cl)c1)C2. The molecule has 1 saturated carbocycles. The summed E-state index contributed by atoms with van der Waals surface area (Å²) >= 11 is 12.2. The second kappa shape index (κ2) is 4.63. The van der Waals surface area contributed by atoms with Crippen molar-refractivity contribution in [3.8, 4) is 0 Å². The molecule has 1 unspecified atom stereocenters. The van der Waals surface area contributed by atoms with E-state index in [4.69, 9.17) is 27.9 Å². The van der Waals surface area contributed by atoms with Gasteiger partial charge in [-0.15, -0.1) is 0 Å². The number of halogens is 2. The summed E-state index contributed by atoms with van der Waals surface area (Å²) in [5.74, 6) is 0. The van der Waals surface area contributed by atoms with Gasteiger partial charge < -0.3 is 10.1 Å². The molecular formula is C15H19Cl2NO. The van der Waals surface area contributed by atoms with Gasteiger partial charge in [-0.1, -0.05) is 29.3 Å². The van der Waals surface area contributed by atoms with Gasteiger partial charge in [0.2, 0.25) is 0 Å². The van der Waals surface area contributed by atoms with Gasteiger partial charge in [-0.3, -0.25) is 0 Å². The number of fused-ring (bicyclic) bond motifs is 1. The van der Waals surface area contributed by atoms with Crippen LogP contribution in [0.3, 0.4) is 0 Å². The standard InChI is InChI=1S/C15H19Cl2NO/c1-10(19-2)15-8-14(15,5-6-18-9-15)11-3-4-12(16)13(17)7-11/h3-4,7,10,18H,5-6,8-9H2,1-2H3/t10-,14+,15?/m0/s1. The highest BCUT2D eigenvalue weighted by molar-refractivity contribution is 6.42. The first-order chi connectivity index (χ1) is 9.06. The molecule has 2 aliphatic rings. The summed E-state index contributed by atoms with van der Waals surface area (Å²) < 4.78 is 5.64. The van der Waals surface area contributed by atoms with Gasteiger partial charge in [0.1, 0.15) is 0 Å². The molecule has 0 aromatic heterocycles. The average molecular weight is 300 g/mol. The quantitative estimate of drug-likeness (QED) is 0.920. The average Bonchev–Trinajstić information content (AvgIpc) is 3.13. The summed E-state index contributed by atoms with van der Waals surface area (Å²) in [5.41, 5.74) is 1.73. The van der Waals surface area contributed by atoms with Crippen molar-refractivity contribution in [3.05, 3.63) is 33.8 Å². The zero-order valence-corrected chi connectivity index (χ0v) is 12.8. The summed E-state index contributed by atoms with van der Waals surface area (Å²) in [6.07, 6.45) is 2.55. The Hall–Kier alpha value is -0.280. The van der Waals surface area contributed by atoms with Crippen LogP contribution in [0.25, 0.3) is 0 Å². The van der Waals surface area contributed by atoms with Gasteiger partial charge in [-0.2, -0.15) is 0 Å². The molecule has 1 heterocycles. The zero-order valence-electron chi connectivity index (χ0n) is 11.3. The van der Waals surface area contributed by atoms with Crippen LogP contribution in [0.4, 0.5) is 0 Å². The lowest BCUT2D eigenvalue weighted by molar-refractivity contribution is 0.0353. The number of nitrogens with one attached hydrogen (secondary N) is 1. The lowest BCUT2D eigenvalue weighted by Crippen LogP contribution is -2.44. The molecule has 1 aromatic carbocycles. The summed E-state index contributed by atoms with van der Waals surface area (Å²) in [5, 5.41) is 4.79. The van der Waals surface area contributed by atoms with E-state index in [1.807, 2.05) is 12.1 Å². The molecule has 104 valence electrons. The number of benzene rings is 1. The van der Waals surface area contributed by atoms with Crippen LogP contribution in [0.1, 0.15) is 25.3 Å². The van der Waals surface area contributed by atoms with Crippen LogP contribution in [-0.2, 0) is 10.2 Å². The Labute approximate surface area is 124 Å². The third-order valence-corrected chi connectivity index (χ3v) is 5.96. The Morgan fingerprint density at radius 3 is 2.79 bits per heavy atom. The molecule has 1 aliphatic carbocycles. The first-order valence-corrected chi connectivity index (χ1v) is 7.50. The van der Waals surface area contributed by atoms with Crippen LogP contribution in [-0.4, -0.2) is 26.3 Å². The van der Waals surface area contributed by atoms with Crippen LogP contribution in [0, 0.1) is 5.41 Å². The largest absolute Gasteiger partial charge is 0.381 e. The smallest absolute Gasteiger partial charge is 0.0620 e. The first kappa shape index (κ1) is 13.7. The minimum atomic E-state index is 0.206. The van der Waals surface area contributed by atoms with E-state index in [1.165, 1.54) is 12.0 Å². The Kier molecular flexibility index (Phi) is 3.33. The van der Waals surface area contributed by atoms with E-state index in [-0.39, 0.29) is 16.9 Å². The monoisotopic (exact) mass is 299 g/mol. The fourth-order valence-corrected chi connectivity index (χ4v) is 4.20. The van der Waals surface area contributed by atoms with Crippen molar-refractivity contribution in [3.63, 3.8) is 0 Å². The Morgan fingerprint density at radius 2 is 2.11 bits per heavy atom. The number of hydrogen-bond donors (Lipinski definition) is 1. The van der Waals surface area contributed by atoms with Crippen molar-refractivity contribution in [1.82, 2.24) is 5.32 Å². The van der Waals surface area contributed by atoms with Crippen LogP contribution >= 0.6 is 23.2 Å². The van der Waals surface area contributed by atoms with E-state index in [0.29, 0.717) is 10.0 Å². The molecule has 0 spiro atoms. The fourth-order valence-electron chi connectivity index (χ4n) is 3.91. The highest BCUT2D eigenvalue weighted by Crippen LogP contribution is 2.69. The van der Waals surface area contributed by atoms with E-state index in [0.717, 1.165) is 19.5 Å². The fraction of sp³-hybridized carbons (Fsp3) is 0.600. The molecule has 4 heteroatoms. The third-order valence-electron chi connectivity index (χ3n) is 5.22. The second-order valence-corrected chi connectivity index (χ2v) is 6.66. The summed E-state index contributed by atoms with van der Waals surface area (Å²) in [6.45, 7) is 4.24. The van der Waals surface area contributed by atoms with E-state index in [2.05, 4.69) is 18.3 Å². The van der Waals surface area contributed by atoms with Gasteiger partial charge >= 0.3 is 0 Å². The predicted octanol–water partition coefficient (Wildman–Crippen LogP) is 3.65. The van der Waals surface area contributed by atoms with Crippen LogP contribution in [0.15, 0.2) is 18.2 Å². The zero-order chi connectivity index (χ0) is 13.7. The third kappa shape index (κ3) is 1.84. The molecule has 0 bridgehead atoms. The topological polar surface area (TPSA) is 21.3 Å². The maximum atomic E-state index is 6.19. The van der Waals surface area contributed by atoms with Crippen molar-refractivity contribution in [1.29, 1.82) is 0 Å². The van der Waals surface area contributed by atoms with Crippen molar-refractivity contribution >= 4 is 23.2 Å². The number of hydrogen-bond acceptors (Lipinski definition) is 2. The number of piperidine rings is 1. The minimum Gasteiger partial charge on any atom is -0.381 e. The van der Waals surface area contributed by atoms with Gasteiger partial charge in [-0.05, 0) is 44.0 Å². The minimum absolute atomic E-state index is 0.206. The molecule has 19 heavy (non-hydrogen) atoms. The van der Waals surface area contributed by atoms with Gasteiger partial charge in [0.05, 0.1) is 16.1 Å². The van der Waals surface area contributed by atoms with Gasteiger partial charge in [0.25, 0.3) is 0 Å². The van der Waals surface area contributed by atoms with Crippen molar-refractivity contribution in [2.24, 2.45) is 5.41 Å². The maximum Gasteiger partial charge on any atom is 0.0620 e. The molecule has 0 radical (unpaired) electrons. The maximum absolute atomic E-state index is 6.19. The molecule has 3 rings (SSSR count). The lowest BCUT2D eigenvalue weighted by Gasteiger charge is -2.35. The van der Waals surface area contributed by atoms with Crippen LogP contribution in [0.5, 0.6) is 0 Å². The molecule has 3 atom stereocenters. The highest BCUT2D eigenvalue weighted by Gasteiger charge is 2.71. The van der Waals surface area contributed by atoms with Crippen molar-refractivity contribution in [2.75, 3.05) is 20.2 Å². The molecule has 2 fully saturated rings. The van der Waals surface area contributed by atoms with E-state index in [9.17, 15) is 0 Å². The Morgan fingerprint density at radius 1 is 1.32 bits per heavy atom. The van der Waals surface area contributed by atoms with Gasteiger partial charge in [0.15, 0.2) is 0 Å². The van der Waals surface area contributed by atoms with Crippen LogP contribution < -0.4 is 5.32 Å². The molecular weight excluding hydrogens is 281 g/mol. The van der Waals surface area contributed by atoms with E-state index in [1.54, 1.807) is 7.11 Å². The predicted molar refractivity (Wildman–Crippen MR) is 79.1 cm³/mol. The second-order valence-electron chi connectivity index (χ2n) is 5.85. The van der Waals surface area contributed by atoms with E-state index < -0.39 is 0 Å². The number of rotatable bonds is 3. The molecule has 1 aromatic rings. The molecule has 0 amide bonds. The molecule has 1 aliphatic heterocycles. The van der Waals surface area contributed by atoms with Gasteiger partial charge in [0, 0.05) is 24.5 Å². The Balaban J connectivity index is 2.00. The summed E-state index contributed by atoms with van der Waals surface area (Å²) in [4.78, 5) is 0. The Bertz CT molecular complexity index is 507. The number of ether oxygens (including phenoxy) is 1. The van der Waals surface area contributed by atoms with Crippen LogP contribution in [0.2, 0.25) is 10.0 Å². The van der Waals surface area contributed by atoms with E-state index >= 15 is 0 Å². The molecule has 1 saturated heterocycles. The number of methoxy groups -OCH3 is 1. The lowest BCUT2D eigenvalue weighted by atomic mass is 9.78. The highest BCUT2D eigenvalue weighted by atomic mass is 35.5. The van der Waals surface area contributed by atoms with Crippen molar-refractivity contribution < 1.29 is 4.74 Å². The summed E-state index contributed by atoms with van der Waals surface area (Å²) in [6, 6.07) is 6.08. The normalized spacial score (nSPS) is 34.7. The van der Waals surface area contributed by atoms with Crippen molar-refractivity contribution in [2.45, 2.75) is 31.3 Å².